The number of carbonyl (C=O) groups is 1. The summed E-state index contributed by atoms with van der Waals surface area (Å²) >= 11 is 6.11. The maximum Gasteiger partial charge on any atom is 0.255 e. The van der Waals surface area contributed by atoms with Gasteiger partial charge in [0.1, 0.15) is 0 Å². The van der Waals surface area contributed by atoms with Gasteiger partial charge < -0.3 is 14.8 Å². The molecule has 0 bridgehead atoms. The average molecular weight is 319 g/mol. The molecule has 114 valence electrons. The zero-order chi connectivity index (χ0) is 15.9. The van der Waals surface area contributed by atoms with Gasteiger partial charge in [-0.2, -0.15) is 0 Å². The van der Waals surface area contributed by atoms with Crippen LogP contribution in [0.1, 0.15) is 27.3 Å². The molecule has 3 rings (SSSR count). The third-order valence-corrected chi connectivity index (χ3v) is 3.73. The zero-order valence-electron chi connectivity index (χ0n) is 12.5. The quantitative estimate of drug-likeness (QED) is 0.918. The van der Waals surface area contributed by atoms with Crippen molar-refractivity contribution in [3.8, 4) is 11.5 Å². The van der Waals surface area contributed by atoms with Crippen molar-refractivity contribution in [1.29, 1.82) is 0 Å². The molecule has 0 aliphatic carbocycles. The van der Waals surface area contributed by atoms with Crippen LogP contribution in [-0.4, -0.2) is 17.7 Å². The molecule has 1 aliphatic rings. The lowest BCUT2D eigenvalue weighted by Crippen LogP contribution is -2.14. The molecule has 0 fully saturated rings. The Hall–Kier alpha value is -2.27. The molecule has 1 aromatic heterocycles. The van der Waals surface area contributed by atoms with Gasteiger partial charge in [0.25, 0.3) is 5.91 Å². The summed E-state index contributed by atoms with van der Waals surface area (Å²) in [5, 5.41) is 3.24. The highest BCUT2D eigenvalue weighted by atomic mass is 35.5. The van der Waals surface area contributed by atoms with Gasteiger partial charge in [-0.05, 0) is 44.5 Å². The van der Waals surface area contributed by atoms with Crippen molar-refractivity contribution in [2.45, 2.75) is 20.8 Å². The normalized spacial score (nSPS) is 12.4. The predicted octanol–water partition coefficient (Wildman–Crippen LogP) is 3.64. The van der Waals surface area contributed by atoms with E-state index in [1.807, 2.05) is 26.8 Å². The number of anilines is 1. The Morgan fingerprint density at radius 1 is 1.23 bits per heavy atom. The van der Waals surface area contributed by atoms with E-state index >= 15 is 0 Å². The first-order valence-electron chi connectivity index (χ1n) is 6.81. The van der Waals surface area contributed by atoms with Crippen LogP contribution in [-0.2, 0) is 0 Å². The second-order valence-electron chi connectivity index (χ2n) is 5.19. The number of halogens is 1. The summed E-state index contributed by atoms with van der Waals surface area (Å²) in [6.45, 7) is 5.83. The smallest absolute Gasteiger partial charge is 0.255 e. The highest BCUT2D eigenvalue weighted by molar-refractivity contribution is 6.32. The van der Waals surface area contributed by atoms with Crippen LogP contribution < -0.4 is 14.8 Å². The molecule has 0 saturated carbocycles. The summed E-state index contributed by atoms with van der Waals surface area (Å²) in [5.41, 5.74) is 3.78. The van der Waals surface area contributed by atoms with E-state index in [4.69, 9.17) is 21.1 Å². The molecule has 0 spiro atoms. The lowest BCUT2D eigenvalue weighted by molar-refractivity contribution is 0.102. The zero-order valence-corrected chi connectivity index (χ0v) is 13.2. The molecule has 1 amide bonds. The van der Waals surface area contributed by atoms with Gasteiger partial charge in [-0.1, -0.05) is 11.6 Å². The molecule has 0 saturated heterocycles. The highest BCUT2D eigenvalue weighted by Gasteiger charge is 2.21. The van der Waals surface area contributed by atoms with Gasteiger partial charge in [-0.15, -0.1) is 0 Å². The van der Waals surface area contributed by atoms with Gasteiger partial charge in [-0.25, -0.2) is 0 Å². The summed E-state index contributed by atoms with van der Waals surface area (Å²) in [4.78, 5) is 16.8. The largest absolute Gasteiger partial charge is 0.454 e. The number of aryl methyl sites for hydroxylation is 3. The molecule has 0 atom stereocenters. The van der Waals surface area contributed by atoms with Crippen LogP contribution in [0.5, 0.6) is 11.5 Å². The number of hydrogen-bond acceptors (Lipinski definition) is 4. The number of fused-ring (bicyclic) bond motifs is 1. The van der Waals surface area contributed by atoms with Crippen molar-refractivity contribution in [1.82, 2.24) is 4.98 Å². The highest BCUT2D eigenvalue weighted by Crippen LogP contribution is 2.40. The molecule has 1 aromatic carbocycles. The minimum Gasteiger partial charge on any atom is -0.454 e. The molecule has 1 N–H and O–H groups in total. The van der Waals surface area contributed by atoms with E-state index < -0.39 is 0 Å². The Kier molecular flexibility index (Phi) is 3.66. The molecular formula is C16H15ClN2O3. The molecule has 0 radical (unpaired) electrons. The van der Waals surface area contributed by atoms with E-state index in [1.165, 1.54) is 0 Å². The fraction of sp³-hybridized carbons (Fsp3) is 0.250. The third kappa shape index (κ3) is 2.60. The summed E-state index contributed by atoms with van der Waals surface area (Å²) < 4.78 is 10.5. The van der Waals surface area contributed by atoms with Gasteiger partial charge in [0.05, 0.1) is 16.4 Å². The van der Waals surface area contributed by atoms with Gasteiger partial charge in [0.2, 0.25) is 6.79 Å². The SMILES string of the molecule is Cc1cc(C)c(NC(=O)c2cc(Cl)c3c(c2)OCO3)c(C)n1. The number of hydrogen-bond donors (Lipinski definition) is 1. The van der Waals surface area contributed by atoms with E-state index in [0.29, 0.717) is 27.8 Å². The van der Waals surface area contributed by atoms with Crippen LogP contribution in [0.25, 0.3) is 0 Å². The van der Waals surface area contributed by atoms with Gasteiger partial charge in [0, 0.05) is 11.3 Å². The standard InChI is InChI=1S/C16H15ClN2O3/c1-8-4-9(2)18-10(3)14(8)19-16(20)11-5-12(17)15-13(6-11)21-7-22-15/h4-6H,7H2,1-3H3,(H,19,20). The number of ether oxygens (including phenoxy) is 2. The van der Waals surface area contributed by atoms with E-state index in [9.17, 15) is 4.79 Å². The lowest BCUT2D eigenvalue weighted by atomic mass is 10.1. The first-order valence-corrected chi connectivity index (χ1v) is 7.19. The van der Waals surface area contributed by atoms with Crippen molar-refractivity contribution in [3.05, 3.63) is 45.7 Å². The molecule has 1 aliphatic heterocycles. The second-order valence-corrected chi connectivity index (χ2v) is 5.59. The molecule has 2 aromatic rings. The second kappa shape index (κ2) is 5.50. The maximum absolute atomic E-state index is 12.5. The van der Waals surface area contributed by atoms with E-state index in [2.05, 4.69) is 10.3 Å². The number of nitrogens with zero attached hydrogens (tertiary/aromatic N) is 1. The Balaban J connectivity index is 1.91. The van der Waals surface area contributed by atoms with Crippen LogP contribution in [0.2, 0.25) is 5.02 Å². The Bertz CT molecular complexity index is 751. The van der Waals surface area contributed by atoms with E-state index in [1.54, 1.807) is 12.1 Å². The number of nitrogens with one attached hydrogen (secondary N) is 1. The van der Waals surface area contributed by atoms with Crippen LogP contribution in [0, 0.1) is 20.8 Å². The molecule has 6 heteroatoms. The number of benzene rings is 1. The molecular weight excluding hydrogens is 304 g/mol. The number of aromatic nitrogens is 1. The van der Waals surface area contributed by atoms with Gasteiger partial charge in [-0.3, -0.25) is 9.78 Å². The van der Waals surface area contributed by atoms with E-state index in [0.717, 1.165) is 17.0 Å². The fourth-order valence-electron chi connectivity index (χ4n) is 2.50. The molecule has 0 unspecified atom stereocenters. The summed E-state index contributed by atoms with van der Waals surface area (Å²) in [6.07, 6.45) is 0. The first-order chi connectivity index (χ1) is 10.5. The van der Waals surface area contributed by atoms with Crippen molar-refractivity contribution in [2.75, 3.05) is 12.1 Å². The number of pyridine rings is 1. The number of carbonyl (C=O) groups excluding carboxylic acids is 1. The monoisotopic (exact) mass is 318 g/mol. The van der Waals surface area contributed by atoms with Crippen molar-refractivity contribution in [3.63, 3.8) is 0 Å². The summed E-state index contributed by atoms with van der Waals surface area (Å²) in [6, 6.07) is 5.11. The third-order valence-electron chi connectivity index (χ3n) is 3.45. The number of amides is 1. The topological polar surface area (TPSA) is 60.5 Å². The van der Waals surface area contributed by atoms with Crippen LogP contribution in [0.15, 0.2) is 18.2 Å². The summed E-state index contributed by atoms with van der Waals surface area (Å²) in [5.74, 6) is 0.688. The molecule has 5 nitrogen and oxygen atoms in total. The average Bonchev–Trinajstić information content (AvgIpc) is 2.91. The molecule has 2 heterocycles. The van der Waals surface area contributed by atoms with Gasteiger partial charge in [0.15, 0.2) is 11.5 Å². The predicted molar refractivity (Wildman–Crippen MR) is 84.0 cm³/mol. The number of rotatable bonds is 2. The van der Waals surface area contributed by atoms with Gasteiger partial charge >= 0.3 is 0 Å². The van der Waals surface area contributed by atoms with E-state index in [-0.39, 0.29) is 12.7 Å². The maximum atomic E-state index is 12.5. The first kappa shape index (κ1) is 14.7. The van der Waals surface area contributed by atoms with Crippen molar-refractivity contribution >= 4 is 23.2 Å². The Morgan fingerprint density at radius 3 is 2.73 bits per heavy atom. The van der Waals surface area contributed by atoms with Crippen LogP contribution in [0.3, 0.4) is 0 Å². The Labute approximate surface area is 133 Å². The molecule has 22 heavy (non-hydrogen) atoms. The van der Waals surface area contributed by atoms with Crippen molar-refractivity contribution < 1.29 is 14.3 Å². The minimum absolute atomic E-state index is 0.111. The van der Waals surface area contributed by atoms with Crippen molar-refractivity contribution in [2.24, 2.45) is 0 Å². The summed E-state index contributed by atoms with van der Waals surface area (Å²) in [7, 11) is 0. The van der Waals surface area contributed by atoms with Crippen LogP contribution in [0.4, 0.5) is 5.69 Å². The fourth-order valence-corrected chi connectivity index (χ4v) is 2.76. The minimum atomic E-state index is -0.267. The lowest BCUT2D eigenvalue weighted by Gasteiger charge is -2.12. The van der Waals surface area contributed by atoms with Crippen LogP contribution >= 0.6 is 11.6 Å². The Morgan fingerprint density at radius 2 is 2.00 bits per heavy atom.